The Balaban J connectivity index is 1.58. The van der Waals surface area contributed by atoms with E-state index in [1.54, 1.807) is 23.1 Å². The van der Waals surface area contributed by atoms with Crippen LogP contribution in [0.5, 0.6) is 0 Å². The Kier molecular flexibility index (Phi) is 6.05. The van der Waals surface area contributed by atoms with Crippen LogP contribution in [0.3, 0.4) is 0 Å². The summed E-state index contributed by atoms with van der Waals surface area (Å²) in [6, 6.07) is 0. The summed E-state index contributed by atoms with van der Waals surface area (Å²) in [5.41, 5.74) is 2.83. The Morgan fingerprint density at radius 2 is 2.40 bits per heavy atom. The number of carbonyl (C=O) groups is 1. The molecule has 3 heterocycles. The van der Waals surface area contributed by atoms with E-state index in [1.807, 2.05) is 17.3 Å². The number of nitrogens with zero attached hydrogens (tertiary/aromatic N) is 6. The zero-order valence-electron chi connectivity index (χ0n) is 14.4. The molecule has 1 atom stereocenters. The normalized spacial score (nSPS) is 17.8. The van der Waals surface area contributed by atoms with E-state index < -0.39 is 0 Å². The first-order valence-corrected chi connectivity index (χ1v) is 9.10. The van der Waals surface area contributed by atoms with Crippen molar-refractivity contribution in [3.8, 4) is 0 Å². The highest BCUT2D eigenvalue weighted by Gasteiger charge is 2.29. The number of morpholine rings is 1. The first kappa shape index (κ1) is 17.9. The van der Waals surface area contributed by atoms with Crippen LogP contribution in [-0.2, 0) is 27.2 Å². The lowest BCUT2D eigenvalue weighted by Gasteiger charge is -2.32. The molecule has 0 N–H and O–H groups in total. The lowest BCUT2D eigenvalue weighted by atomic mass is 10.2. The van der Waals surface area contributed by atoms with Gasteiger partial charge in [-0.15, -0.1) is 16.4 Å². The standard InChI is InChI=1S/C15H22N6O3S/c1-11-13(25-10-16-11)3-4-14(22)20-5-8-24-12(9-20)15-17-18-19-21(15)6-7-23-2/h10,12H,3-9H2,1-2H3/t12-/m1/s1. The molecule has 0 spiro atoms. The molecule has 9 nitrogen and oxygen atoms in total. The average molecular weight is 366 g/mol. The number of hydrogen-bond donors (Lipinski definition) is 0. The highest BCUT2D eigenvalue weighted by Crippen LogP contribution is 2.21. The third kappa shape index (κ3) is 4.39. The summed E-state index contributed by atoms with van der Waals surface area (Å²) in [5, 5.41) is 11.7. The summed E-state index contributed by atoms with van der Waals surface area (Å²) in [5.74, 6) is 0.755. The molecule has 0 bridgehead atoms. The summed E-state index contributed by atoms with van der Waals surface area (Å²) in [6.45, 7) is 4.58. The molecule has 136 valence electrons. The smallest absolute Gasteiger partial charge is 0.223 e. The number of amides is 1. The van der Waals surface area contributed by atoms with Crippen LogP contribution in [0.25, 0.3) is 0 Å². The van der Waals surface area contributed by atoms with E-state index in [4.69, 9.17) is 9.47 Å². The predicted octanol–water partition coefficient (Wildman–Crippen LogP) is 0.617. The van der Waals surface area contributed by atoms with Crippen molar-refractivity contribution in [2.45, 2.75) is 32.4 Å². The topological polar surface area (TPSA) is 95.3 Å². The van der Waals surface area contributed by atoms with Crippen LogP contribution in [0.4, 0.5) is 0 Å². The minimum atomic E-state index is -0.310. The van der Waals surface area contributed by atoms with E-state index >= 15 is 0 Å². The van der Waals surface area contributed by atoms with Crippen LogP contribution in [-0.4, -0.2) is 69.4 Å². The highest BCUT2D eigenvalue weighted by molar-refractivity contribution is 7.09. The molecule has 2 aromatic heterocycles. The second kappa shape index (κ2) is 8.45. The largest absolute Gasteiger partial charge is 0.383 e. The van der Waals surface area contributed by atoms with E-state index in [2.05, 4.69) is 20.5 Å². The summed E-state index contributed by atoms with van der Waals surface area (Å²) >= 11 is 1.60. The van der Waals surface area contributed by atoms with E-state index in [1.165, 1.54) is 4.88 Å². The van der Waals surface area contributed by atoms with E-state index in [-0.39, 0.29) is 12.0 Å². The summed E-state index contributed by atoms with van der Waals surface area (Å²) < 4.78 is 12.5. The second-order valence-electron chi connectivity index (χ2n) is 5.81. The molecule has 0 unspecified atom stereocenters. The molecule has 1 saturated heterocycles. The first-order chi connectivity index (χ1) is 12.2. The second-order valence-corrected chi connectivity index (χ2v) is 6.75. The molecular formula is C15H22N6O3S. The zero-order chi connectivity index (χ0) is 17.6. The van der Waals surface area contributed by atoms with Gasteiger partial charge in [0.05, 0.1) is 37.5 Å². The van der Waals surface area contributed by atoms with Crippen molar-refractivity contribution in [1.29, 1.82) is 0 Å². The number of carbonyl (C=O) groups excluding carboxylic acids is 1. The van der Waals surface area contributed by atoms with Crippen molar-refractivity contribution < 1.29 is 14.3 Å². The van der Waals surface area contributed by atoms with Gasteiger partial charge in [-0.3, -0.25) is 4.79 Å². The summed E-state index contributed by atoms with van der Waals surface area (Å²) in [7, 11) is 1.63. The number of methoxy groups -OCH3 is 1. The molecule has 0 aliphatic carbocycles. The number of tetrazole rings is 1. The van der Waals surface area contributed by atoms with E-state index in [0.29, 0.717) is 45.1 Å². The van der Waals surface area contributed by atoms with Crippen molar-refractivity contribution >= 4 is 17.2 Å². The Hall–Kier alpha value is -1.91. The maximum absolute atomic E-state index is 12.6. The number of aryl methyl sites for hydroxylation is 2. The van der Waals surface area contributed by atoms with Gasteiger partial charge in [0.2, 0.25) is 5.91 Å². The first-order valence-electron chi connectivity index (χ1n) is 8.22. The van der Waals surface area contributed by atoms with Gasteiger partial charge in [-0.05, 0) is 23.8 Å². The molecule has 0 aromatic carbocycles. The fraction of sp³-hybridized carbons (Fsp3) is 0.667. The van der Waals surface area contributed by atoms with Gasteiger partial charge in [0, 0.05) is 25.0 Å². The quantitative estimate of drug-likeness (QED) is 0.709. The van der Waals surface area contributed by atoms with Crippen LogP contribution in [0.1, 0.15) is 28.9 Å². The molecule has 1 aliphatic rings. The van der Waals surface area contributed by atoms with E-state index in [9.17, 15) is 4.79 Å². The van der Waals surface area contributed by atoms with Gasteiger partial charge in [-0.1, -0.05) is 0 Å². The van der Waals surface area contributed by atoms with Gasteiger partial charge < -0.3 is 14.4 Å². The van der Waals surface area contributed by atoms with Crippen molar-refractivity contribution in [2.24, 2.45) is 0 Å². The maximum atomic E-state index is 12.6. The molecule has 1 fully saturated rings. The number of rotatable bonds is 7. The Labute approximate surface area is 149 Å². The third-order valence-electron chi connectivity index (χ3n) is 4.18. The molecule has 0 saturated carbocycles. The summed E-state index contributed by atoms with van der Waals surface area (Å²) in [4.78, 5) is 19.8. The lowest BCUT2D eigenvalue weighted by Crippen LogP contribution is -2.43. The van der Waals surface area contributed by atoms with Crippen molar-refractivity contribution in [3.05, 3.63) is 21.9 Å². The van der Waals surface area contributed by atoms with Crippen molar-refractivity contribution in [2.75, 3.05) is 33.4 Å². The van der Waals surface area contributed by atoms with Crippen LogP contribution >= 0.6 is 11.3 Å². The fourth-order valence-electron chi connectivity index (χ4n) is 2.76. The molecule has 3 rings (SSSR count). The molecule has 0 radical (unpaired) electrons. The minimum Gasteiger partial charge on any atom is -0.383 e. The third-order valence-corrected chi connectivity index (χ3v) is 5.18. The van der Waals surface area contributed by atoms with Gasteiger partial charge in [0.25, 0.3) is 0 Å². The van der Waals surface area contributed by atoms with Crippen LogP contribution in [0.15, 0.2) is 5.51 Å². The molecule has 2 aromatic rings. The highest BCUT2D eigenvalue weighted by atomic mass is 32.1. The Morgan fingerprint density at radius 3 is 3.16 bits per heavy atom. The maximum Gasteiger partial charge on any atom is 0.223 e. The molecule has 10 heteroatoms. The molecular weight excluding hydrogens is 344 g/mol. The van der Waals surface area contributed by atoms with Crippen LogP contribution in [0.2, 0.25) is 0 Å². The SMILES string of the molecule is COCCn1nnnc1[C@H]1CN(C(=O)CCc2scnc2C)CCO1. The average Bonchev–Trinajstić information content (AvgIpc) is 3.26. The van der Waals surface area contributed by atoms with Gasteiger partial charge >= 0.3 is 0 Å². The van der Waals surface area contributed by atoms with Gasteiger partial charge in [-0.2, -0.15) is 0 Å². The van der Waals surface area contributed by atoms with Crippen LogP contribution in [0, 0.1) is 6.92 Å². The van der Waals surface area contributed by atoms with Gasteiger partial charge in [0.15, 0.2) is 5.82 Å². The van der Waals surface area contributed by atoms with Crippen LogP contribution < -0.4 is 0 Å². The molecule has 25 heavy (non-hydrogen) atoms. The van der Waals surface area contributed by atoms with E-state index in [0.717, 1.165) is 12.1 Å². The number of thiazole rings is 1. The van der Waals surface area contributed by atoms with Gasteiger partial charge in [0.1, 0.15) is 6.10 Å². The zero-order valence-corrected chi connectivity index (χ0v) is 15.2. The fourth-order valence-corrected chi connectivity index (χ4v) is 3.54. The molecule has 1 amide bonds. The number of ether oxygens (including phenoxy) is 2. The predicted molar refractivity (Wildman–Crippen MR) is 90.1 cm³/mol. The molecule has 1 aliphatic heterocycles. The van der Waals surface area contributed by atoms with Crippen molar-refractivity contribution in [1.82, 2.24) is 30.1 Å². The number of hydrogen-bond acceptors (Lipinski definition) is 8. The minimum absolute atomic E-state index is 0.122. The lowest BCUT2D eigenvalue weighted by molar-refractivity contribution is -0.139. The Bertz CT molecular complexity index is 703. The Morgan fingerprint density at radius 1 is 1.52 bits per heavy atom. The monoisotopic (exact) mass is 366 g/mol. The van der Waals surface area contributed by atoms with Crippen molar-refractivity contribution in [3.63, 3.8) is 0 Å². The van der Waals surface area contributed by atoms with Gasteiger partial charge in [-0.25, -0.2) is 9.67 Å². The summed E-state index contributed by atoms with van der Waals surface area (Å²) in [6.07, 6.45) is 0.891. The number of aromatic nitrogens is 5.